The molecule has 134 valence electrons. The fraction of sp³-hybridized carbons (Fsp3) is 0.235. The number of aromatic nitrogens is 2. The fourth-order valence-corrected chi connectivity index (χ4v) is 2.94. The van der Waals surface area contributed by atoms with Crippen LogP contribution in [0.1, 0.15) is 18.0 Å². The third-order valence-corrected chi connectivity index (χ3v) is 4.16. The lowest BCUT2D eigenvalue weighted by molar-refractivity contribution is -0.141. The van der Waals surface area contributed by atoms with E-state index in [4.69, 9.17) is 10.5 Å². The van der Waals surface area contributed by atoms with Crippen LogP contribution < -0.4 is 15.8 Å². The predicted octanol–water partition coefficient (Wildman–Crippen LogP) is 0.523. The highest BCUT2D eigenvalue weighted by Crippen LogP contribution is 2.33. The molecule has 1 aromatic heterocycles. The van der Waals surface area contributed by atoms with Crippen molar-refractivity contribution in [2.45, 2.75) is 12.3 Å². The minimum atomic E-state index is -1.04. The number of nitrogens with two attached hydrogens (primary N) is 1. The SMILES string of the molecule is COc1ccc(F)cc1-c1cc(C2C(=O)NC(=O)CC2C(N)=O)ncn1. The number of rotatable bonds is 4. The molecule has 2 atom stereocenters. The molecule has 2 heterocycles. The van der Waals surface area contributed by atoms with E-state index in [2.05, 4.69) is 15.3 Å². The molecule has 1 aromatic carbocycles. The Bertz CT molecular complexity index is 902. The summed E-state index contributed by atoms with van der Waals surface area (Å²) in [5, 5.41) is 2.17. The van der Waals surface area contributed by atoms with Crippen LogP contribution in [0.5, 0.6) is 5.75 Å². The van der Waals surface area contributed by atoms with Crippen LogP contribution in [0.2, 0.25) is 0 Å². The number of halogens is 1. The standard InChI is InChI=1S/C17H15FN4O4/c1-26-13-3-2-8(18)4-9(13)11-6-12(21-7-20-11)15-10(16(19)24)5-14(23)22-17(15)25/h2-4,6-7,10,15H,5H2,1H3,(H2,19,24)(H,22,23,25). The van der Waals surface area contributed by atoms with Crippen molar-refractivity contribution in [1.82, 2.24) is 15.3 Å². The first-order valence-corrected chi connectivity index (χ1v) is 7.69. The molecule has 1 fully saturated rings. The number of carbonyl (C=O) groups excluding carboxylic acids is 3. The second kappa shape index (κ2) is 6.87. The highest BCUT2D eigenvalue weighted by atomic mass is 19.1. The largest absolute Gasteiger partial charge is 0.496 e. The van der Waals surface area contributed by atoms with Crippen molar-refractivity contribution < 1.29 is 23.5 Å². The first-order chi connectivity index (χ1) is 12.4. The summed E-state index contributed by atoms with van der Waals surface area (Å²) in [5.41, 5.74) is 6.22. The van der Waals surface area contributed by atoms with Gasteiger partial charge in [0.25, 0.3) is 0 Å². The van der Waals surface area contributed by atoms with Gasteiger partial charge < -0.3 is 10.5 Å². The van der Waals surface area contributed by atoms with Crippen molar-refractivity contribution in [3.8, 4) is 17.0 Å². The number of nitrogens with zero attached hydrogens (tertiary/aromatic N) is 2. The molecule has 0 saturated carbocycles. The number of amides is 3. The van der Waals surface area contributed by atoms with E-state index in [1.54, 1.807) is 0 Å². The lowest BCUT2D eigenvalue weighted by Gasteiger charge is -2.27. The monoisotopic (exact) mass is 358 g/mol. The van der Waals surface area contributed by atoms with Gasteiger partial charge in [-0.05, 0) is 24.3 Å². The Balaban J connectivity index is 2.07. The summed E-state index contributed by atoms with van der Waals surface area (Å²) in [7, 11) is 1.43. The number of imide groups is 1. The van der Waals surface area contributed by atoms with E-state index in [9.17, 15) is 18.8 Å². The summed E-state index contributed by atoms with van der Waals surface area (Å²) in [6, 6.07) is 5.38. The van der Waals surface area contributed by atoms with E-state index in [1.807, 2.05) is 0 Å². The maximum absolute atomic E-state index is 13.6. The molecule has 1 aliphatic rings. The normalized spacial score (nSPS) is 19.8. The lowest BCUT2D eigenvalue weighted by atomic mass is 9.82. The van der Waals surface area contributed by atoms with E-state index >= 15 is 0 Å². The summed E-state index contributed by atoms with van der Waals surface area (Å²) < 4.78 is 18.8. The maximum atomic E-state index is 13.6. The van der Waals surface area contributed by atoms with E-state index < -0.39 is 35.4 Å². The summed E-state index contributed by atoms with van der Waals surface area (Å²) in [6.07, 6.45) is 0.977. The average molecular weight is 358 g/mol. The molecule has 0 radical (unpaired) electrons. The van der Waals surface area contributed by atoms with Crippen molar-refractivity contribution in [3.05, 3.63) is 42.1 Å². The van der Waals surface area contributed by atoms with Gasteiger partial charge in [0.2, 0.25) is 17.7 Å². The van der Waals surface area contributed by atoms with Gasteiger partial charge >= 0.3 is 0 Å². The smallest absolute Gasteiger partial charge is 0.236 e. The number of methoxy groups -OCH3 is 1. The maximum Gasteiger partial charge on any atom is 0.236 e. The zero-order valence-corrected chi connectivity index (χ0v) is 13.7. The van der Waals surface area contributed by atoms with Gasteiger partial charge in [-0.25, -0.2) is 14.4 Å². The number of nitrogens with one attached hydrogen (secondary N) is 1. The van der Waals surface area contributed by atoms with E-state index in [0.717, 1.165) is 0 Å². The Kier molecular flexibility index (Phi) is 4.61. The molecule has 3 amide bonds. The molecular weight excluding hydrogens is 343 g/mol. The summed E-state index contributed by atoms with van der Waals surface area (Å²) >= 11 is 0. The van der Waals surface area contributed by atoms with Crippen LogP contribution in [-0.4, -0.2) is 34.8 Å². The van der Waals surface area contributed by atoms with Crippen molar-refractivity contribution in [3.63, 3.8) is 0 Å². The molecule has 3 rings (SSSR count). The lowest BCUT2D eigenvalue weighted by Crippen LogP contribution is -2.48. The van der Waals surface area contributed by atoms with Crippen molar-refractivity contribution in [1.29, 1.82) is 0 Å². The number of ether oxygens (including phenoxy) is 1. The number of hydrogen-bond donors (Lipinski definition) is 2. The van der Waals surface area contributed by atoms with Crippen molar-refractivity contribution >= 4 is 17.7 Å². The van der Waals surface area contributed by atoms with E-state index in [-0.39, 0.29) is 12.1 Å². The highest BCUT2D eigenvalue weighted by Gasteiger charge is 2.41. The minimum Gasteiger partial charge on any atom is -0.496 e. The molecule has 26 heavy (non-hydrogen) atoms. The minimum absolute atomic E-state index is 0.204. The van der Waals surface area contributed by atoms with Gasteiger partial charge in [-0.1, -0.05) is 0 Å². The predicted molar refractivity (Wildman–Crippen MR) is 87.2 cm³/mol. The Morgan fingerprint density at radius 3 is 2.77 bits per heavy atom. The van der Waals surface area contributed by atoms with Crippen LogP contribution in [0.3, 0.4) is 0 Å². The number of piperidine rings is 1. The molecule has 1 saturated heterocycles. The summed E-state index contributed by atoms with van der Waals surface area (Å²) in [4.78, 5) is 43.7. The van der Waals surface area contributed by atoms with E-state index in [1.165, 1.54) is 37.7 Å². The number of carbonyl (C=O) groups is 3. The quantitative estimate of drug-likeness (QED) is 0.768. The first kappa shape index (κ1) is 17.5. The molecule has 9 heteroatoms. The van der Waals surface area contributed by atoms with Gasteiger partial charge in [-0.3, -0.25) is 19.7 Å². The van der Waals surface area contributed by atoms with Gasteiger partial charge in [-0.2, -0.15) is 0 Å². The van der Waals surface area contributed by atoms with Gasteiger partial charge in [0.15, 0.2) is 0 Å². The second-order valence-electron chi connectivity index (χ2n) is 5.78. The van der Waals surface area contributed by atoms with Crippen molar-refractivity contribution in [2.24, 2.45) is 11.7 Å². The summed E-state index contributed by atoms with van der Waals surface area (Å²) in [5.74, 6) is -4.18. The molecule has 0 bridgehead atoms. The third kappa shape index (κ3) is 3.23. The van der Waals surface area contributed by atoms with Gasteiger partial charge in [-0.15, -0.1) is 0 Å². The first-order valence-electron chi connectivity index (χ1n) is 7.69. The molecule has 8 nitrogen and oxygen atoms in total. The van der Waals surface area contributed by atoms with Gasteiger partial charge in [0, 0.05) is 12.0 Å². The molecule has 0 spiro atoms. The van der Waals surface area contributed by atoms with Crippen LogP contribution in [0.25, 0.3) is 11.3 Å². The Labute approximate surface area is 147 Å². The molecule has 2 aromatic rings. The van der Waals surface area contributed by atoms with Crippen LogP contribution in [0.4, 0.5) is 4.39 Å². The van der Waals surface area contributed by atoms with Crippen LogP contribution in [0.15, 0.2) is 30.6 Å². The Hall–Kier alpha value is -3.36. The zero-order valence-electron chi connectivity index (χ0n) is 13.7. The Morgan fingerprint density at radius 1 is 1.31 bits per heavy atom. The number of primary amides is 1. The second-order valence-corrected chi connectivity index (χ2v) is 5.78. The third-order valence-electron chi connectivity index (χ3n) is 4.16. The van der Waals surface area contributed by atoms with Crippen molar-refractivity contribution in [2.75, 3.05) is 7.11 Å². The van der Waals surface area contributed by atoms with Crippen LogP contribution in [-0.2, 0) is 14.4 Å². The molecule has 2 unspecified atom stereocenters. The zero-order chi connectivity index (χ0) is 18.8. The molecule has 3 N–H and O–H groups in total. The average Bonchev–Trinajstić information content (AvgIpc) is 2.61. The highest BCUT2D eigenvalue weighted by molar-refractivity contribution is 6.05. The van der Waals surface area contributed by atoms with Crippen LogP contribution in [0, 0.1) is 11.7 Å². The van der Waals surface area contributed by atoms with Gasteiger partial charge in [0.1, 0.15) is 17.9 Å². The van der Waals surface area contributed by atoms with Crippen LogP contribution >= 0.6 is 0 Å². The molecule has 0 aliphatic carbocycles. The topological polar surface area (TPSA) is 124 Å². The van der Waals surface area contributed by atoms with Gasteiger partial charge in [0.05, 0.1) is 30.3 Å². The fourth-order valence-electron chi connectivity index (χ4n) is 2.94. The number of benzene rings is 1. The number of hydrogen-bond acceptors (Lipinski definition) is 6. The Morgan fingerprint density at radius 2 is 2.08 bits per heavy atom. The molecular formula is C17H15FN4O4. The molecule has 1 aliphatic heterocycles. The van der Waals surface area contributed by atoms with E-state index in [0.29, 0.717) is 17.0 Å². The summed E-state index contributed by atoms with van der Waals surface area (Å²) in [6.45, 7) is 0.